The van der Waals surface area contributed by atoms with Crippen molar-refractivity contribution in [2.75, 3.05) is 38.2 Å². The van der Waals surface area contributed by atoms with Crippen LogP contribution in [0.3, 0.4) is 0 Å². The molecule has 0 radical (unpaired) electrons. The highest BCUT2D eigenvalue weighted by atomic mass is 32.2. The normalized spacial score (nSPS) is 16.5. The fourth-order valence-electron chi connectivity index (χ4n) is 3.35. The Labute approximate surface area is 180 Å². The molecule has 1 N–H and O–H groups in total. The topological polar surface area (TPSA) is 102 Å². The predicted molar refractivity (Wildman–Crippen MR) is 106 cm³/mol. The number of rotatable bonds is 7. The minimum Gasteiger partial charge on any atom is -0.379 e. The van der Waals surface area contributed by atoms with Crippen LogP contribution in [0.4, 0.5) is 28.9 Å². The van der Waals surface area contributed by atoms with E-state index in [1.54, 1.807) is 12.1 Å². The molecule has 2 aromatic carbocycles. The van der Waals surface area contributed by atoms with Gasteiger partial charge in [-0.15, -0.1) is 0 Å². The maximum atomic E-state index is 13.3. The lowest BCUT2D eigenvalue weighted by atomic mass is 10.0. The Hall–Kier alpha value is -2.77. The van der Waals surface area contributed by atoms with Crippen molar-refractivity contribution < 1.29 is 35.6 Å². The molecule has 1 fully saturated rings. The standard InChI is InChI=1S/C19H19F4N3O5S/c20-14-3-1-13(2-4-14)18(25-7-9-31-10-8-25)12-24-16-6-5-15(11-17(16)26(27)28)32(29,30)19(21,22)23/h1-6,11,18,24H,7-10,12H2/t18-/m0/s1. The van der Waals surface area contributed by atoms with Gasteiger partial charge in [0.25, 0.3) is 15.5 Å². The molecule has 0 bridgehead atoms. The molecule has 1 aliphatic rings. The van der Waals surface area contributed by atoms with Crippen LogP contribution >= 0.6 is 0 Å². The van der Waals surface area contributed by atoms with E-state index in [0.29, 0.717) is 38.4 Å². The van der Waals surface area contributed by atoms with E-state index in [2.05, 4.69) is 5.32 Å². The predicted octanol–water partition coefficient (Wildman–Crippen LogP) is 3.51. The van der Waals surface area contributed by atoms with Crippen LogP contribution in [0.5, 0.6) is 0 Å². The van der Waals surface area contributed by atoms with Gasteiger partial charge in [-0.1, -0.05) is 12.1 Å². The third-order valence-corrected chi connectivity index (χ3v) is 6.49. The second-order valence-corrected chi connectivity index (χ2v) is 8.92. The Morgan fingerprint density at radius 3 is 2.31 bits per heavy atom. The Kier molecular flexibility index (Phi) is 7.00. The lowest BCUT2D eigenvalue weighted by molar-refractivity contribution is -0.384. The maximum Gasteiger partial charge on any atom is 0.501 e. The second kappa shape index (κ2) is 9.38. The molecule has 0 aromatic heterocycles. The SMILES string of the molecule is O=[N+]([O-])c1cc(S(=O)(=O)C(F)(F)F)ccc1NC[C@@H](c1ccc(F)cc1)N1CCOCC1. The van der Waals surface area contributed by atoms with Gasteiger partial charge in [-0.25, -0.2) is 12.8 Å². The molecule has 1 atom stereocenters. The van der Waals surface area contributed by atoms with Gasteiger partial charge in [0, 0.05) is 25.7 Å². The average molecular weight is 477 g/mol. The zero-order valence-electron chi connectivity index (χ0n) is 16.5. The first-order valence-electron chi connectivity index (χ1n) is 9.41. The summed E-state index contributed by atoms with van der Waals surface area (Å²) in [5.41, 5.74) is -5.81. The molecule has 0 saturated carbocycles. The molecule has 1 aliphatic heterocycles. The number of nitro groups is 1. The number of halogens is 4. The van der Waals surface area contributed by atoms with E-state index in [4.69, 9.17) is 4.74 Å². The third-order valence-electron chi connectivity index (χ3n) is 5.01. The number of alkyl halides is 3. The van der Waals surface area contributed by atoms with Gasteiger partial charge in [0.2, 0.25) is 0 Å². The smallest absolute Gasteiger partial charge is 0.379 e. The molecular weight excluding hydrogens is 458 g/mol. The first-order valence-corrected chi connectivity index (χ1v) is 10.9. The summed E-state index contributed by atoms with van der Waals surface area (Å²) in [6, 6.07) is 7.33. The summed E-state index contributed by atoms with van der Waals surface area (Å²) in [6.45, 7) is 2.12. The van der Waals surface area contributed by atoms with Crippen LogP contribution in [0, 0.1) is 15.9 Å². The van der Waals surface area contributed by atoms with Crippen LogP contribution in [0.15, 0.2) is 47.4 Å². The highest BCUT2D eigenvalue weighted by Gasteiger charge is 2.47. The Bertz CT molecular complexity index is 1070. The van der Waals surface area contributed by atoms with Crippen molar-refractivity contribution in [1.29, 1.82) is 0 Å². The van der Waals surface area contributed by atoms with Gasteiger partial charge in [0.1, 0.15) is 11.5 Å². The first-order chi connectivity index (χ1) is 15.0. The molecule has 1 heterocycles. The summed E-state index contributed by atoms with van der Waals surface area (Å²) in [4.78, 5) is 11.3. The zero-order chi connectivity index (χ0) is 23.5. The highest BCUT2D eigenvalue weighted by molar-refractivity contribution is 7.92. The Balaban J connectivity index is 1.90. The van der Waals surface area contributed by atoms with Crippen molar-refractivity contribution >= 4 is 21.2 Å². The van der Waals surface area contributed by atoms with Gasteiger partial charge in [-0.2, -0.15) is 13.2 Å². The van der Waals surface area contributed by atoms with Gasteiger partial charge >= 0.3 is 5.51 Å². The van der Waals surface area contributed by atoms with Crippen LogP contribution in [0.2, 0.25) is 0 Å². The zero-order valence-corrected chi connectivity index (χ0v) is 17.3. The van der Waals surface area contributed by atoms with Crippen molar-refractivity contribution in [1.82, 2.24) is 4.90 Å². The number of sulfone groups is 1. The van der Waals surface area contributed by atoms with Crippen molar-refractivity contribution in [3.63, 3.8) is 0 Å². The Morgan fingerprint density at radius 2 is 1.75 bits per heavy atom. The van der Waals surface area contributed by atoms with E-state index >= 15 is 0 Å². The molecule has 32 heavy (non-hydrogen) atoms. The summed E-state index contributed by atoms with van der Waals surface area (Å²) < 4.78 is 80.3. The van der Waals surface area contributed by atoms with Crippen molar-refractivity contribution in [3.8, 4) is 0 Å². The van der Waals surface area contributed by atoms with E-state index in [1.807, 2.05) is 4.90 Å². The van der Waals surface area contributed by atoms with E-state index in [-0.39, 0.29) is 18.3 Å². The number of nitrogens with one attached hydrogen (secondary N) is 1. The van der Waals surface area contributed by atoms with Gasteiger partial charge in [-0.3, -0.25) is 15.0 Å². The lowest BCUT2D eigenvalue weighted by Crippen LogP contribution is -2.41. The molecule has 0 spiro atoms. The van der Waals surface area contributed by atoms with E-state index < -0.39 is 36.7 Å². The first kappa shape index (κ1) is 23.9. The number of hydrogen-bond acceptors (Lipinski definition) is 7. The van der Waals surface area contributed by atoms with Gasteiger partial charge < -0.3 is 10.1 Å². The molecule has 0 amide bonds. The summed E-state index contributed by atoms with van der Waals surface area (Å²) in [7, 11) is -5.73. The molecule has 1 saturated heterocycles. The lowest BCUT2D eigenvalue weighted by Gasteiger charge is -2.35. The molecule has 3 rings (SSSR count). The maximum absolute atomic E-state index is 13.3. The second-order valence-electron chi connectivity index (χ2n) is 6.98. The fourth-order valence-corrected chi connectivity index (χ4v) is 4.13. The minimum absolute atomic E-state index is 0.0951. The van der Waals surface area contributed by atoms with E-state index in [0.717, 1.165) is 11.6 Å². The minimum atomic E-state index is -5.73. The quantitative estimate of drug-likeness (QED) is 0.370. The number of nitro benzene ring substituents is 1. The summed E-state index contributed by atoms with van der Waals surface area (Å²) in [6.07, 6.45) is 0. The van der Waals surface area contributed by atoms with Crippen molar-refractivity contribution in [2.45, 2.75) is 16.4 Å². The van der Waals surface area contributed by atoms with Gasteiger partial charge in [-0.05, 0) is 29.8 Å². The molecule has 0 aliphatic carbocycles. The van der Waals surface area contributed by atoms with Crippen LogP contribution in [0.25, 0.3) is 0 Å². The third kappa shape index (κ3) is 5.16. The van der Waals surface area contributed by atoms with Gasteiger partial charge in [0.15, 0.2) is 0 Å². The number of nitrogens with zero attached hydrogens (tertiary/aromatic N) is 2. The Morgan fingerprint density at radius 1 is 1.12 bits per heavy atom. The van der Waals surface area contributed by atoms with Crippen LogP contribution in [-0.2, 0) is 14.6 Å². The highest BCUT2D eigenvalue weighted by Crippen LogP contribution is 2.35. The molecule has 13 heteroatoms. The van der Waals surface area contributed by atoms with Crippen LogP contribution < -0.4 is 5.32 Å². The van der Waals surface area contributed by atoms with Crippen molar-refractivity contribution in [3.05, 3.63) is 64.0 Å². The molecular formula is C19H19F4N3O5S. The molecule has 2 aromatic rings. The van der Waals surface area contributed by atoms with Crippen LogP contribution in [0.1, 0.15) is 11.6 Å². The number of morpholine rings is 1. The number of ether oxygens (including phenoxy) is 1. The average Bonchev–Trinajstić information content (AvgIpc) is 2.75. The summed E-state index contributed by atoms with van der Waals surface area (Å²) in [5.74, 6) is -0.431. The summed E-state index contributed by atoms with van der Waals surface area (Å²) >= 11 is 0. The fraction of sp³-hybridized carbons (Fsp3) is 0.368. The van der Waals surface area contributed by atoms with Gasteiger partial charge in [0.05, 0.1) is 29.1 Å². The van der Waals surface area contributed by atoms with Crippen LogP contribution in [-0.4, -0.2) is 56.6 Å². The van der Waals surface area contributed by atoms with Crippen molar-refractivity contribution in [2.24, 2.45) is 0 Å². The number of anilines is 1. The molecule has 0 unspecified atom stereocenters. The van der Waals surface area contributed by atoms with E-state index in [9.17, 15) is 36.1 Å². The number of benzene rings is 2. The largest absolute Gasteiger partial charge is 0.501 e. The number of hydrogen-bond donors (Lipinski definition) is 1. The molecule has 174 valence electrons. The molecule has 8 nitrogen and oxygen atoms in total. The van der Waals surface area contributed by atoms with E-state index in [1.165, 1.54) is 12.1 Å². The monoisotopic (exact) mass is 477 g/mol. The summed E-state index contributed by atoms with van der Waals surface area (Å²) in [5, 5.41) is 14.3.